The van der Waals surface area contributed by atoms with Gasteiger partial charge in [-0.1, -0.05) is 12.1 Å². The lowest BCUT2D eigenvalue weighted by Crippen LogP contribution is -2.43. The van der Waals surface area contributed by atoms with Crippen molar-refractivity contribution in [1.82, 2.24) is 9.62 Å². The first kappa shape index (κ1) is 21.7. The van der Waals surface area contributed by atoms with Crippen molar-refractivity contribution < 1.29 is 17.9 Å². The minimum Gasteiger partial charge on any atom is -0.491 e. The number of rotatable bonds is 9. The van der Waals surface area contributed by atoms with Gasteiger partial charge in [-0.2, -0.15) is 0 Å². The van der Waals surface area contributed by atoms with Crippen LogP contribution in [0.2, 0.25) is 0 Å². The number of nitrogens with zero attached hydrogens (tertiary/aromatic N) is 1. The molecule has 1 amide bonds. The van der Waals surface area contributed by atoms with Gasteiger partial charge in [0.1, 0.15) is 5.75 Å². The molecular weight excluding hydrogens is 364 g/mol. The molecule has 1 fully saturated rings. The van der Waals surface area contributed by atoms with Crippen molar-refractivity contribution in [1.29, 1.82) is 0 Å². The van der Waals surface area contributed by atoms with Crippen LogP contribution in [0.1, 0.15) is 45.6 Å². The van der Waals surface area contributed by atoms with E-state index < -0.39 is 10.0 Å². The Labute approximate surface area is 163 Å². The van der Waals surface area contributed by atoms with Crippen LogP contribution in [0.3, 0.4) is 0 Å². The van der Waals surface area contributed by atoms with E-state index in [-0.39, 0.29) is 23.7 Å². The number of carbonyl (C=O) groups is 1. The van der Waals surface area contributed by atoms with Crippen LogP contribution in [-0.2, 0) is 21.2 Å². The maximum Gasteiger partial charge on any atom is 0.223 e. The molecule has 7 heteroatoms. The van der Waals surface area contributed by atoms with E-state index in [0.717, 1.165) is 18.6 Å². The molecule has 0 aromatic heterocycles. The zero-order chi connectivity index (χ0) is 19.9. The number of nitrogens with one attached hydrogen (secondary N) is 1. The molecule has 0 radical (unpaired) electrons. The second-order valence-electron chi connectivity index (χ2n) is 7.28. The molecule has 0 bridgehead atoms. The van der Waals surface area contributed by atoms with E-state index in [2.05, 4.69) is 11.4 Å². The summed E-state index contributed by atoms with van der Waals surface area (Å²) in [6.45, 7) is 7.17. The molecule has 1 heterocycles. The average molecular weight is 397 g/mol. The zero-order valence-electron chi connectivity index (χ0n) is 16.6. The van der Waals surface area contributed by atoms with Gasteiger partial charge in [-0.3, -0.25) is 4.79 Å². The highest BCUT2D eigenvalue weighted by Gasteiger charge is 2.29. The Hall–Kier alpha value is -1.60. The third-order valence-electron chi connectivity index (χ3n) is 4.79. The number of hydrogen-bond acceptors (Lipinski definition) is 4. The minimum absolute atomic E-state index is 0.0421. The highest BCUT2D eigenvalue weighted by molar-refractivity contribution is 7.89. The van der Waals surface area contributed by atoms with Crippen molar-refractivity contribution in [2.24, 2.45) is 5.92 Å². The van der Waals surface area contributed by atoms with Gasteiger partial charge in [0.2, 0.25) is 15.9 Å². The third kappa shape index (κ3) is 6.81. The number of hydrogen-bond donors (Lipinski definition) is 1. The van der Waals surface area contributed by atoms with Crippen LogP contribution in [0.4, 0.5) is 0 Å². The summed E-state index contributed by atoms with van der Waals surface area (Å²) < 4.78 is 31.0. The Kier molecular flexibility index (Phi) is 8.10. The summed E-state index contributed by atoms with van der Waals surface area (Å²) in [6.07, 6.45) is 3.08. The van der Waals surface area contributed by atoms with Crippen LogP contribution in [0.5, 0.6) is 5.75 Å². The van der Waals surface area contributed by atoms with Crippen LogP contribution in [0.15, 0.2) is 24.3 Å². The van der Waals surface area contributed by atoms with Crippen molar-refractivity contribution >= 4 is 15.9 Å². The molecule has 1 aliphatic rings. The van der Waals surface area contributed by atoms with Gasteiger partial charge in [0.05, 0.1) is 11.9 Å². The van der Waals surface area contributed by atoms with Gasteiger partial charge < -0.3 is 10.1 Å². The number of ether oxygens (including phenoxy) is 1. The number of benzene rings is 1. The van der Waals surface area contributed by atoms with Gasteiger partial charge >= 0.3 is 0 Å². The molecule has 0 saturated carbocycles. The van der Waals surface area contributed by atoms with E-state index in [1.807, 2.05) is 32.0 Å². The second-order valence-corrected chi connectivity index (χ2v) is 9.54. The molecule has 2 rings (SSSR count). The van der Waals surface area contributed by atoms with Gasteiger partial charge in [-0.05, 0) is 64.2 Å². The molecule has 1 saturated heterocycles. The molecule has 1 aliphatic heterocycles. The fraction of sp³-hybridized carbons (Fsp3) is 0.650. The molecule has 1 aromatic carbocycles. The Morgan fingerprint density at radius 1 is 1.30 bits per heavy atom. The van der Waals surface area contributed by atoms with Crippen molar-refractivity contribution in [2.75, 3.05) is 25.4 Å². The highest BCUT2D eigenvalue weighted by atomic mass is 32.2. The maximum atomic E-state index is 12.3. The number of carbonyl (C=O) groups excluding carboxylic acids is 1. The van der Waals surface area contributed by atoms with Crippen LogP contribution in [-0.4, -0.2) is 50.1 Å². The predicted molar refractivity (Wildman–Crippen MR) is 107 cm³/mol. The van der Waals surface area contributed by atoms with Gasteiger partial charge in [0, 0.05) is 25.6 Å². The summed E-state index contributed by atoms with van der Waals surface area (Å²) in [5.74, 6) is 0.949. The molecule has 1 N–H and O–H groups in total. The first-order chi connectivity index (χ1) is 12.8. The Balaban J connectivity index is 1.70. The monoisotopic (exact) mass is 396 g/mol. The van der Waals surface area contributed by atoms with Gasteiger partial charge in [-0.15, -0.1) is 0 Å². The average Bonchev–Trinajstić information content (AvgIpc) is 2.65. The fourth-order valence-corrected chi connectivity index (χ4v) is 4.41. The van der Waals surface area contributed by atoms with Crippen molar-refractivity contribution in [3.05, 3.63) is 29.8 Å². The smallest absolute Gasteiger partial charge is 0.223 e. The van der Waals surface area contributed by atoms with Gasteiger partial charge in [0.25, 0.3) is 0 Å². The van der Waals surface area contributed by atoms with Gasteiger partial charge in [-0.25, -0.2) is 12.7 Å². The Morgan fingerprint density at radius 2 is 2.00 bits per heavy atom. The first-order valence-electron chi connectivity index (χ1n) is 9.83. The van der Waals surface area contributed by atoms with Crippen molar-refractivity contribution in [3.63, 3.8) is 0 Å². The molecule has 152 valence electrons. The van der Waals surface area contributed by atoms with Crippen LogP contribution < -0.4 is 10.1 Å². The topological polar surface area (TPSA) is 75.7 Å². The lowest BCUT2D eigenvalue weighted by molar-refractivity contribution is -0.126. The number of amides is 1. The number of piperidine rings is 1. The van der Waals surface area contributed by atoms with E-state index in [1.165, 1.54) is 9.87 Å². The lowest BCUT2D eigenvalue weighted by Gasteiger charge is -2.30. The zero-order valence-corrected chi connectivity index (χ0v) is 17.4. The summed E-state index contributed by atoms with van der Waals surface area (Å²) in [5, 5.41) is 3.00. The second kappa shape index (κ2) is 10.1. The summed E-state index contributed by atoms with van der Waals surface area (Å²) >= 11 is 0. The Bertz CT molecular complexity index is 710. The summed E-state index contributed by atoms with van der Waals surface area (Å²) in [6, 6.07) is 8.06. The van der Waals surface area contributed by atoms with E-state index in [1.54, 1.807) is 6.92 Å². The summed E-state index contributed by atoms with van der Waals surface area (Å²) in [5.41, 5.74) is 1.19. The molecule has 0 aliphatic carbocycles. The molecule has 0 spiro atoms. The van der Waals surface area contributed by atoms with Gasteiger partial charge in [0.15, 0.2) is 0 Å². The van der Waals surface area contributed by atoms with Crippen LogP contribution in [0, 0.1) is 5.92 Å². The van der Waals surface area contributed by atoms with Crippen molar-refractivity contribution in [3.8, 4) is 5.75 Å². The van der Waals surface area contributed by atoms with Crippen LogP contribution in [0.25, 0.3) is 0 Å². The number of aryl methyl sites for hydroxylation is 1. The van der Waals surface area contributed by atoms with E-state index >= 15 is 0 Å². The first-order valence-corrected chi connectivity index (χ1v) is 11.4. The maximum absolute atomic E-state index is 12.3. The molecule has 6 nitrogen and oxygen atoms in total. The SMILES string of the molecule is CCS(=O)(=O)N1CCC(C(=O)NCCCc2cccc(OC(C)C)c2)CC1. The normalized spacial score (nSPS) is 16.4. The largest absolute Gasteiger partial charge is 0.491 e. The fourth-order valence-electron chi connectivity index (χ4n) is 3.27. The van der Waals surface area contributed by atoms with E-state index in [4.69, 9.17) is 4.74 Å². The molecule has 1 aromatic rings. The summed E-state index contributed by atoms with van der Waals surface area (Å²) in [7, 11) is -3.14. The molecule has 27 heavy (non-hydrogen) atoms. The van der Waals surface area contributed by atoms with E-state index in [9.17, 15) is 13.2 Å². The van der Waals surface area contributed by atoms with Crippen molar-refractivity contribution in [2.45, 2.75) is 52.6 Å². The third-order valence-corrected chi connectivity index (χ3v) is 6.68. The minimum atomic E-state index is -3.14. The lowest BCUT2D eigenvalue weighted by atomic mass is 9.97. The highest BCUT2D eigenvalue weighted by Crippen LogP contribution is 2.20. The molecule has 0 atom stereocenters. The summed E-state index contributed by atoms with van der Waals surface area (Å²) in [4.78, 5) is 12.3. The van der Waals surface area contributed by atoms with Crippen LogP contribution >= 0.6 is 0 Å². The molecular formula is C20H32N2O4S. The van der Waals surface area contributed by atoms with E-state index in [0.29, 0.717) is 32.5 Å². The predicted octanol–water partition coefficient (Wildman–Crippen LogP) is 2.58. The number of sulfonamides is 1. The molecule has 0 unspecified atom stereocenters. The standard InChI is InChI=1S/C20H32N2O4S/c1-4-27(24,25)22-13-10-18(11-14-22)20(23)21-12-6-8-17-7-5-9-19(15-17)26-16(2)3/h5,7,9,15-16,18H,4,6,8,10-14H2,1-3H3,(H,21,23). The Morgan fingerprint density at radius 3 is 2.63 bits per heavy atom. The quantitative estimate of drug-likeness (QED) is 0.651.